The number of fused-ring (bicyclic) bond motifs is 1. The predicted molar refractivity (Wildman–Crippen MR) is 130 cm³/mol. The van der Waals surface area contributed by atoms with Gasteiger partial charge in [0.05, 0.1) is 37.6 Å². The van der Waals surface area contributed by atoms with Crippen LogP contribution < -0.4 is 10.6 Å². The number of aliphatic hydroxyl groups is 2. The Labute approximate surface area is 198 Å². The van der Waals surface area contributed by atoms with Crippen LogP contribution in [0.25, 0.3) is 10.6 Å². The molecule has 34 heavy (non-hydrogen) atoms. The van der Waals surface area contributed by atoms with Gasteiger partial charge in [0.15, 0.2) is 0 Å². The van der Waals surface area contributed by atoms with E-state index in [1.165, 1.54) is 34.0 Å². The molecule has 0 bridgehead atoms. The molecule has 2 aromatic carbocycles. The summed E-state index contributed by atoms with van der Waals surface area (Å²) in [6, 6.07) is 13.4. The number of carbonyl (C=O) groups is 1. The number of hydrogen-bond donors (Lipinski definition) is 4. The molecule has 0 saturated carbocycles. The van der Waals surface area contributed by atoms with Crippen LogP contribution >= 0.6 is 11.3 Å². The van der Waals surface area contributed by atoms with E-state index in [2.05, 4.69) is 37.0 Å². The molecule has 3 heterocycles. The Morgan fingerprint density at radius 1 is 1.18 bits per heavy atom. The van der Waals surface area contributed by atoms with Crippen LogP contribution in [0.4, 0.5) is 16.5 Å². The van der Waals surface area contributed by atoms with E-state index in [1.54, 1.807) is 6.07 Å². The third-order valence-electron chi connectivity index (χ3n) is 5.19. The second kappa shape index (κ2) is 9.51. The highest BCUT2D eigenvalue weighted by Gasteiger charge is 2.13. The van der Waals surface area contributed by atoms with Gasteiger partial charge in [-0.1, -0.05) is 29.5 Å². The van der Waals surface area contributed by atoms with Crippen LogP contribution in [0.15, 0.2) is 59.9 Å². The van der Waals surface area contributed by atoms with Crippen LogP contribution in [0, 0.1) is 0 Å². The first-order chi connectivity index (χ1) is 16.6. The molecule has 0 aliphatic carbocycles. The summed E-state index contributed by atoms with van der Waals surface area (Å²) < 4.78 is 1.41. The monoisotopic (exact) mass is 475 g/mol. The number of aliphatic imine (C=N–C) groups is 1. The van der Waals surface area contributed by atoms with Crippen molar-refractivity contribution in [2.45, 2.75) is 19.2 Å². The van der Waals surface area contributed by atoms with Crippen molar-refractivity contribution in [1.29, 1.82) is 0 Å². The van der Waals surface area contributed by atoms with E-state index in [1.807, 2.05) is 36.5 Å². The molecule has 11 heteroatoms. The van der Waals surface area contributed by atoms with Gasteiger partial charge in [-0.25, -0.2) is 0 Å². The third kappa shape index (κ3) is 4.86. The number of rotatable bonds is 8. The zero-order chi connectivity index (χ0) is 23.5. The lowest BCUT2D eigenvalue weighted by Crippen LogP contribution is -2.20. The molecule has 2 aromatic heterocycles. The second-order valence-corrected chi connectivity index (χ2v) is 8.72. The Bertz CT molecular complexity index is 1360. The second-order valence-electron chi connectivity index (χ2n) is 7.74. The van der Waals surface area contributed by atoms with Gasteiger partial charge in [0, 0.05) is 29.3 Å². The molecule has 0 saturated heterocycles. The van der Waals surface area contributed by atoms with Crippen LogP contribution in [-0.4, -0.2) is 55.0 Å². The first kappa shape index (κ1) is 21.9. The van der Waals surface area contributed by atoms with Crippen molar-refractivity contribution >= 4 is 40.0 Å². The maximum atomic E-state index is 12.6. The van der Waals surface area contributed by atoms with Gasteiger partial charge in [-0.15, -0.1) is 10.2 Å². The maximum absolute atomic E-state index is 12.6. The van der Waals surface area contributed by atoms with Crippen molar-refractivity contribution in [3.05, 3.63) is 71.5 Å². The first-order valence-corrected chi connectivity index (χ1v) is 11.4. The van der Waals surface area contributed by atoms with Crippen molar-refractivity contribution in [2.24, 2.45) is 4.99 Å². The molecule has 1 atom stereocenters. The molecule has 0 radical (unpaired) electrons. The van der Waals surface area contributed by atoms with Crippen LogP contribution in [0.5, 0.6) is 0 Å². The summed E-state index contributed by atoms with van der Waals surface area (Å²) in [6.07, 6.45) is 3.87. The summed E-state index contributed by atoms with van der Waals surface area (Å²) in [5.41, 5.74) is 5.01. The molecule has 172 valence electrons. The highest BCUT2D eigenvalue weighted by Crippen LogP contribution is 2.30. The zero-order valence-electron chi connectivity index (χ0n) is 17.9. The minimum Gasteiger partial charge on any atom is -0.394 e. The Balaban J connectivity index is 1.26. The summed E-state index contributed by atoms with van der Waals surface area (Å²) in [5, 5.41) is 38.5. The minimum absolute atomic E-state index is 0.103. The highest BCUT2D eigenvalue weighted by atomic mass is 32.1. The molecule has 0 spiro atoms. The Morgan fingerprint density at radius 2 is 2.09 bits per heavy atom. The van der Waals surface area contributed by atoms with E-state index in [-0.39, 0.29) is 19.1 Å². The van der Waals surface area contributed by atoms with Gasteiger partial charge in [0.2, 0.25) is 5.13 Å². The van der Waals surface area contributed by atoms with Crippen LogP contribution in [0.2, 0.25) is 0 Å². The number of nitrogens with one attached hydrogen (secondary N) is 2. The lowest BCUT2D eigenvalue weighted by molar-refractivity contribution is 0.0782. The topological polar surface area (TPSA) is 138 Å². The number of amides is 1. The van der Waals surface area contributed by atoms with Gasteiger partial charge in [-0.2, -0.15) is 5.10 Å². The lowest BCUT2D eigenvalue weighted by atomic mass is 10.1. The van der Waals surface area contributed by atoms with Gasteiger partial charge in [0.25, 0.3) is 5.91 Å². The van der Waals surface area contributed by atoms with Crippen LogP contribution in [0.3, 0.4) is 0 Å². The molecular formula is C23H21N7O3S. The van der Waals surface area contributed by atoms with E-state index < -0.39 is 6.10 Å². The summed E-state index contributed by atoms with van der Waals surface area (Å²) in [4.78, 5) is 16.9. The van der Waals surface area contributed by atoms with Crippen molar-refractivity contribution in [3.8, 4) is 10.6 Å². The molecule has 4 N–H and O–H groups in total. The summed E-state index contributed by atoms with van der Waals surface area (Å²) in [7, 11) is 0. The normalized spacial score (nSPS) is 13.0. The van der Waals surface area contributed by atoms with Gasteiger partial charge < -0.3 is 20.8 Å². The maximum Gasteiger partial charge on any atom is 0.258 e. The number of carbonyl (C=O) groups excluding carboxylic acids is 1. The Hall–Kier alpha value is -3.93. The van der Waals surface area contributed by atoms with E-state index >= 15 is 0 Å². The fraction of sp³-hybridized carbons (Fsp3) is 0.174. The number of hydrogen-bond acceptors (Lipinski definition) is 9. The summed E-state index contributed by atoms with van der Waals surface area (Å²) in [6.45, 7) is 0.450. The van der Waals surface area contributed by atoms with Crippen LogP contribution in [0.1, 0.15) is 21.5 Å². The Morgan fingerprint density at radius 3 is 2.97 bits per heavy atom. The lowest BCUT2D eigenvalue weighted by Gasteiger charge is -2.06. The largest absolute Gasteiger partial charge is 0.394 e. The van der Waals surface area contributed by atoms with E-state index in [4.69, 9.17) is 5.11 Å². The SMILES string of the molecule is O=C(Nc1cccc(-c2nnc(Nc3ccc4c(c3)C=NC4)s2)c1)c1cnn(CC(O)CO)c1. The van der Waals surface area contributed by atoms with E-state index in [9.17, 15) is 9.90 Å². The Kier molecular flexibility index (Phi) is 6.12. The molecule has 1 amide bonds. The molecule has 5 rings (SSSR count). The van der Waals surface area contributed by atoms with Gasteiger partial charge in [-0.3, -0.25) is 14.5 Å². The molecule has 4 aromatic rings. The number of benzene rings is 2. The molecule has 1 aliphatic heterocycles. The number of aromatic nitrogens is 4. The molecule has 0 fully saturated rings. The van der Waals surface area contributed by atoms with Gasteiger partial charge in [0.1, 0.15) is 5.01 Å². The number of nitrogens with zero attached hydrogens (tertiary/aromatic N) is 5. The molecule has 10 nitrogen and oxygen atoms in total. The van der Waals surface area contributed by atoms with Crippen molar-refractivity contribution in [2.75, 3.05) is 17.2 Å². The summed E-state index contributed by atoms with van der Waals surface area (Å²) in [5.74, 6) is -0.332. The molecular weight excluding hydrogens is 454 g/mol. The number of anilines is 3. The quantitative estimate of drug-likeness (QED) is 0.307. The van der Waals surface area contributed by atoms with Crippen molar-refractivity contribution in [3.63, 3.8) is 0 Å². The van der Waals surface area contributed by atoms with Crippen molar-refractivity contribution in [1.82, 2.24) is 20.0 Å². The smallest absolute Gasteiger partial charge is 0.258 e. The van der Waals surface area contributed by atoms with Crippen molar-refractivity contribution < 1.29 is 15.0 Å². The molecule has 1 unspecified atom stereocenters. The van der Waals surface area contributed by atoms with Crippen LogP contribution in [-0.2, 0) is 13.1 Å². The number of aliphatic hydroxyl groups excluding tert-OH is 2. The fourth-order valence-electron chi connectivity index (χ4n) is 3.48. The van der Waals surface area contributed by atoms with E-state index in [0.717, 1.165) is 23.4 Å². The predicted octanol–water partition coefficient (Wildman–Crippen LogP) is 2.68. The highest BCUT2D eigenvalue weighted by molar-refractivity contribution is 7.18. The molecule has 1 aliphatic rings. The fourth-order valence-corrected chi connectivity index (χ4v) is 4.24. The first-order valence-electron chi connectivity index (χ1n) is 10.5. The summed E-state index contributed by atoms with van der Waals surface area (Å²) >= 11 is 1.41. The third-order valence-corrected chi connectivity index (χ3v) is 6.07. The zero-order valence-corrected chi connectivity index (χ0v) is 18.7. The minimum atomic E-state index is -0.935. The standard InChI is InChI=1S/C23H21N7O3S/c31-13-20(32)12-30-11-17(10-25-30)21(33)26-18-3-1-2-14(6-18)22-28-29-23(34-22)27-19-5-4-15-8-24-9-16(15)7-19/h1-7,9-11,20,31-32H,8,12-13H2,(H,26,33)(H,27,29). The van der Waals surface area contributed by atoms with Gasteiger partial charge >= 0.3 is 0 Å². The average molecular weight is 476 g/mol. The van der Waals surface area contributed by atoms with Gasteiger partial charge in [-0.05, 0) is 35.4 Å². The average Bonchev–Trinajstić information content (AvgIpc) is 3.60. The van der Waals surface area contributed by atoms with E-state index in [0.29, 0.717) is 21.4 Å².